The summed E-state index contributed by atoms with van der Waals surface area (Å²) in [5.74, 6) is -0.279. The first-order valence-corrected chi connectivity index (χ1v) is 9.78. The van der Waals surface area contributed by atoms with Crippen molar-refractivity contribution in [3.63, 3.8) is 0 Å². The largest absolute Gasteiger partial charge is 0.480 e. The molecule has 0 aliphatic rings. The number of aliphatic hydroxyl groups is 1. The molecule has 4 rings (SSSR count). The van der Waals surface area contributed by atoms with E-state index >= 15 is 0 Å². The van der Waals surface area contributed by atoms with Crippen LogP contribution in [0.4, 0.5) is 0 Å². The fourth-order valence-electron chi connectivity index (χ4n) is 3.53. The topological polar surface area (TPSA) is 98.2 Å². The molecule has 4 aromatic rings. The standard InChI is InChI=1S/C24H23N3O3/c1-15-19(17-5-3-2-4-6-17)11-12-20-22(15)27-23(26-20)18-9-7-16(8-10-18)13-25-21(14-28)24(29)30/h2-12,21,25,28H,13-14H2,1H3,(H,26,27)(H,29,30)/t21-/m1/s1. The number of aryl methyl sites for hydroxylation is 1. The van der Waals surface area contributed by atoms with Crippen molar-refractivity contribution in [1.82, 2.24) is 15.3 Å². The molecule has 30 heavy (non-hydrogen) atoms. The van der Waals surface area contributed by atoms with Crippen molar-refractivity contribution in [2.45, 2.75) is 19.5 Å². The number of H-pyrrole nitrogens is 1. The number of benzene rings is 3. The molecule has 0 spiro atoms. The number of carboxylic acids is 1. The Hall–Kier alpha value is -3.48. The second-order valence-electron chi connectivity index (χ2n) is 7.24. The highest BCUT2D eigenvalue weighted by atomic mass is 16.4. The first-order valence-electron chi connectivity index (χ1n) is 9.78. The van der Waals surface area contributed by atoms with Gasteiger partial charge in [-0.1, -0.05) is 60.7 Å². The number of aliphatic hydroxyl groups excluding tert-OH is 1. The minimum absolute atomic E-state index is 0.359. The minimum atomic E-state index is -1.07. The number of imidazole rings is 1. The predicted molar refractivity (Wildman–Crippen MR) is 117 cm³/mol. The van der Waals surface area contributed by atoms with Gasteiger partial charge in [-0.05, 0) is 35.2 Å². The lowest BCUT2D eigenvalue weighted by Gasteiger charge is -2.11. The summed E-state index contributed by atoms with van der Waals surface area (Å²) in [6.45, 7) is 2.00. The molecule has 0 unspecified atom stereocenters. The molecule has 1 atom stereocenters. The number of rotatable bonds is 7. The molecule has 0 aliphatic carbocycles. The van der Waals surface area contributed by atoms with Crippen molar-refractivity contribution in [2.24, 2.45) is 0 Å². The average Bonchev–Trinajstić information content (AvgIpc) is 3.21. The number of nitrogens with zero attached hydrogens (tertiary/aromatic N) is 1. The molecule has 0 amide bonds. The number of carbonyl (C=O) groups is 1. The van der Waals surface area contributed by atoms with Crippen LogP contribution in [-0.2, 0) is 11.3 Å². The fourth-order valence-corrected chi connectivity index (χ4v) is 3.53. The molecule has 1 aromatic heterocycles. The molecule has 0 saturated carbocycles. The van der Waals surface area contributed by atoms with Gasteiger partial charge in [0.25, 0.3) is 0 Å². The summed E-state index contributed by atoms with van der Waals surface area (Å²) in [7, 11) is 0. The highest BCUT2D eigenvalue weighted by Gasteiger charge is 2.15. The van der Waals surface area contributed by atoms with E-state index in [0.717, 1.165) is 33.5 Å². The maximum absolute atomic E-state index is 11.0. The summed E-state index contributed by atoms with van der Waals surface area (Å²) >= 11 is 0. The van der Waals surface area contributed by atoms with Gasteiger partial charge < -0.3 is 15.2 Å². The molecule has 0 saturated heterocycles. The summed E-state index contributed by atoms with van der Waals surface area (Å²) in [6, 6.07) is 21.2. The van der Waals surface area contributed by atoms with Crippen LogP contribution in [0.2, 0.25) is 0 Å². The lowest BCUT2D eigenvalue weighted by Crippen LogP contribution is -2.39. The van der Waals surface area contributed by atoms with Crippen LogP contribution in [0.1, 0.15) is 11.1 Å². The molecular weight excluding hydrogens is 378 g/mol. The normalized spacial score (nSPS) is 12.2. The Morgan fingerprint density at radius 3 is 2.43 bits per heavy atom. The van der Waals surface area contributed by atoms with E-state index < -0.39 is 18.6 Å². The Balaban J connectivity index is 1.58. The first kappa shape index (κ1) is 19.8. The van der Waals surface area contributed by atoms with Crippen LogP contribution < -0.4 is 5.32 Å². The van der Waals surface area contributed by atoms with E-state index in [2.05, 4.69) is 41.5 Å². The van der Waals surface area contributed by atoms with Crippen LogP contribution in [0.5, 0.6) is 0 Å². The molecule has 6 nitrogen and oxygen atoms in total. The van der Waals surface area contributed by atoms with E-state index in [1.165, 1.54) is 11.1 Å². The van der Waals surface area contributed by atoms with Gasteiger partial charge in [0.2, 0.25) is 0 Å². The number of carboxylic acid groups (broad SMARTS) is 1. The molecule has 152 valence electrons. The average molecular weight is 401 g/mol. The van der Waals surface area contributed by atoms with Gasteiger partial charge in [-0.25, -0.2) is 4.98 Å². The Labute approximate surface area is 174 Å². The molecule has 6 heteroatoms. The molecule has 0 bridgehead atoms. The van der Waals surface area contributed by atoms with Crippen LogP contribution >= 0.6 is 0 Å². The number of aromatic nitrogens is 2. The van der Waals surface area contributed by atoms with Crippen LogP contribution in [0.3, 0.4) is 0 Å². The van der Waals surface area contributed by atoms with E-state index in [4.69, 9.17) is 15.2 Å². The first-order chi connectivity index (χ1) is 14.6. The Bertz CT molecular complexity index is 1170. The number of hydrogen-bond acceptors (Lipinski definition) is 4. The molecular formula is C24H23N3O3. The molecule has 0 aliphatic heterocycles. The zero-order valence-corrected chi connectivity index (χ0v) is 16.6. The predicted octanol–water partition coefficient (Wildman–Crippen LogP) is 3.74. The van der Waals surface area contributed by atoms with E-state index in [0.29, 0.717) is 6.54 Å². The minimum Gasteiger partial charge on any atom is -0.480 e. The van der Waals surface area contributed by atoms with Gasteiger partial charge in [-0.3, -0.25) is 10.1 Å². The second kappa shape index (κ2) is 8.49. The van der Waals surface area contributed by atoms with Gasteiger partial charge in [-0.2, -0.15) is 0 Å². The number of fused-ring (bicyclic) bond motifs is 1. The third-order valence-corrected chi connectivity index (χ3v) is 5.25. The molecule has 1 heterocycles. The molecule has 0 fully saturated rings. The summed E-state index contributed by atoms with van der Waals surface area (Å²) < 4.78 is 0. The summed E-state index contributed by atoms with van der Waals surface area (Å²) in [6.07, 6.45) is 0. The van der Waals surface area contributed by atoms with Crippen LogP contribution in [0.15, 0.2) is 66.7 Å². The number of hydrogen-bond donors (Lipinski definition) is 4. The van der Waals surface area contributed by atoms with Gasteiger partial charge >= 0.3 is 5.97 Å². The Morgan fingerprint density at radius 2 is 1.77 bits per heavy atom. The summed E-state index contributed by atoms with van der Waals surface area (Å²) in [5, 5.41) is 20.9. The smallest absolute Gasteiger partial charge is 0.323 e. The number of nitrogens with one attached hydrogen (secondary N) is 2. The zero-order valence-electron chi connectivity index (χ0n) is 16.6. The SMILES string of the molecule is Cc1c(-c2ccccc2)ccc2[nH]c(-c3ccc(CN[C@H](CO)C(=O)O)cc3)nc12. The van der Waals surface area contributed by atoms with Crippen LogP contribution in [-0.4, -0.2) is 38.8 Å². The van der Waals surface area contributed by atoms with Gasteiger partial charge in [0.05, 0.1) is 17.6 Å². The van der Waals surface area contributed by atoms with Crippen molar-refractivity contribution in [1.29, 1.82) is 0 Å². The monoisotopic (exact) mass is 401 g/mol. The van der Waals surface area contributed by atoms with Gasteiger partial charge in [0.15, 0.2) is 0 Å². The van der Waals surface area contributed by atoms with E-state index in [-0.39, 0.29) is 0 Å². The maximum Gasteiger partial charge on any atom is 0.323 e. The van der Waals surface area contributed by atoms with Gasteiger partial charge in [0.1, 0.15) is 11.9 Å². The van der Waals surface area contributed by atoms with Gasteiger partial charge in [-0.15, -0.1) is 0 Å². The Morgan fingerprint density at radius 1 is 1.03 bits per heavy atom. The van der Waals surface area contributed by atoms with E-state index in [1.807, 2.05) is 42.5 Å². The third-order valence-electron chi connectivity index (χ3n) is 5.25. The molecule has 4 N–H and O–H groups in total. The molecule has 0 radical (unpaired) electrons. The fraction of sp³-hybridized carbons (Fsp3) is 0.167. The zero-order chi connectivity index (χ0) is 21.1. The summed E-state index contributed by atoms with van der Waals surface area (Å²) in [4.78, 5) is 19.2. The number of aliphatic carboxylic acids is 1. The van der Waals surface area contributed by atoms with Crippen molar-refractivity contribution >= 4 is 17.0 Å². The third kappa shape index (κ3) is 3.96. The molecule has 3 aromatic carbocycles. The van der Waals surface area contributed by atoms with Crippen LogP contribution in [0.25, 0.3) is 33.5 Å². The van der Waals surface area contributed by atoms with Crippen molar-refractivity contribution in [3.8, 4) is 22.5 Å². The van der Waals surface area contributed by atoms with Crippen molar-refractivity contribution in [2.75, 3.05) is 6.61 Å². The van der Waals surface area contributed by atoms with Crippen LogP contribution in [0, 0.1) is 6.92 Å². The van der Waals surface area contributed by atoms with E-state index in [1.54, 1.807) is 0 Å². The summed E-state index contributed by atoms with van der Waals surface area (Å²) in [5.41, 5.74) is 7.28. The van der Waals surface area contributed by atoms with E-state index in [9.17, 15) is 4.79 Å². The maximum atomic E-state index is 11.0. The lowest BCUT2D eigenvalue weighted by atomic mass is 9.99. The quantitative estimate of drug-likeness (QED) is 0.378. The van der Waals surface area contributed by atoms with Crippen molar-refractivity contribution < 1.29 is 15.0 Å². The highest BCUT2D eigenvalue weighted by Crippen LogP contribution is 2.30. The van der Waals surface area contributed by atoms with Gasteiger partial charge in [0, 0.05) is 12.1 Å². The lowest BCUT2D eigenvalue weighted by molar-refractivity contribution is -0.140. The highest BCUT2D eigenvalue weighted by molar-refractivity contribution is 5.88. The Kier molecular flexibility index (Phi) is 5.61. The van der Waals surface area contributed by atoms with Crippen molar-refractivity contribution in [3.05, 3.63) is 77.9 Å². The number of aromatic amines is 1. The second-order valence-corrected chi connectivity index (χ2v) is 7.24.